The Balaban J connectivity index is 1.77. The molecule has 0 spiro atoms. The molecule has 0 saturated carbocycles. The van der Waals surface area contributed by atoms with Crippen LogP contribution in [0.4, 0.5) is 5.69 Å². The van der Waals surface area contributed by atoms with Crippen LogP contribution >= 0.6 is 23.2 Å². The molecule has 0 bridgehead atoms. The van der Waals surface area contributed by atoms with Crippen LogP contribution in [0.15, 0.2) is 60.7 Å². The molecule has 0 amide bonds. The summed E-state index contributed by atoms with van der Waals surface area (Å²) in [5.74, 6) is 1.52. The smallest absolute Gasteiger partial charge is 0.166 e. The van der Waals surface area contributed by atoms with Gasteiger partial charge in [0.2, 0.25) is 0 Å². The molecule has 0 aliphatic carbocycles. The van der Waals surface area contributed by atoms with Gasteiger partial charge in [0.25, 0.3) is 0 Å². The second-order valence-electron chi connectivity index (χ2n) is 5.87. The van der Waals surface area contributed by atoms with Gasteiger partial charge in [-0.15, -0.1) is 0 Å². The molecule has 0 heterocycles. The summed E-state index contributed by atoms with van der Waals surface area (Å²) in [6.45, 7) is 0.828. The number of rotatable bonds is 7. The number of hydrogen-bond acceptors (Lipinski definition) is 4. The highest BCUT2D eigenvalue weighted by Gasteiger charge is 2.12. The van der Waals surface area contributed by atoms with Crippen LogP contribution in [0.1, 0.15) is 11.1 Å². The van der Waals surface area contributed by atoms with Gasteiger partial charge in [-0.1, -0.05) is 41.4 Å². The summed E-state index contributed by atoms with van der Waals surface area (Å²) in [4.78, 5) is 0. The van der Waals surface area contributed by atoms with E-state index >= 15 is 0 Å². The molecule has 4 nitrogen and oxygen atoms in total. The van der Waals surface area contributed by atoms with Gasteiger partial charge in [-0.2, -0.15) is 0 Å². The molecule has 140 valence electrons. The maximum atomic E-state index is 9.39. The largest absolute Gasteiger partial charge is 0.508 e. The fourth-order valence-electron chi connectivity index (χ4n) is 2.59. The summed E-state index contributed by atoms with van der Waals surface area (Å²) in [7, 11) is 1.61. The van der Waals surface area contributed by atoms with Gasteiger partial charge in [0.1, 0.15) is 12.4 Å². The second-order valence-corrected chi connectivity index (χ2v) is 6.72. The summed E-state index contributed by atoms with van der Waals surface area (Å²) < 4.78 is 11.5. The van der Waals surface area contributed by atoms with E-state index < -0.39 is 0 Å². The van der Waals surface area contributed by atoms with E-state index in [0.29, 0.717) is 34.7 Å². The number of nitrogens with one attached hydrogen (secondary N) is 1. The van der Waals surface area contributed by atoms with Crippen molar-refractivity contribution in [2.24, 2.45) is 0 Å². The molecule has 27 heavy (non-hydrogen) atoms. The number of phenols is 1. The monoisotopic (exact) mass is 403 g/mol. The number of phenolic OH excluding ortho intramolecular Hbond substituents is 1. The van der Waals surface area contributed by atoms with Crippen molar-refractivity contribution < 1.29 is 14.6 Å². The Labute approximate surface area is 168 Å². The number of halogens is 2. The Morgan fingerprint density at radius 3 is 2.44 bits per heavy atom. The highest BCUT2D eigenvalue weighted by atomic mass is 35.5. The number of ether oxygens (including phenoxy) is 2. The number of hydrogen-bond donors (Lipinski definition) is 2. The molecule has 0 aliphatic heterocycles. The third-order valence-corrected chi connectivity index (χ3v) is 4.60. The van der Waals surface area contributed by atoms with Crippen LogP contribution in [0, 0.1) is 0 Å². The van der Waals surface area contributed by atoms with Gasteiger partial charge in [0.05, 0.1) is 7.11 Å². The van der Waals surface area contributed by atoms with E-state index in [2.05, 4.69) is 5.32 Å². The molecule has 6 heteroatoms. The molecule has 0 saturated heterocycles. The first-order chi connectivity index (χ1) is 13.1. The molecular weight excluding hydrogens is 385 g/mol. The molecule has 0 radical (unpaired) electrons. The second kappa shape index (κ2) is 8.89. The zero-order valence-electron chi connectivity index (χ0n) is 14.7. The van der Waals surface area contributed by atoms with E-state index in [0.717, 1.165) is 16.8 Å². The fraction of sp³-hybridized carbons (Fsp3) is 0.143. The molecule has 3 rings (SSSR count). The maximum Gasteiger partial charge on any atom is 0.166 e. The van der Waals surface area contributed by atoms with Crippen LogP contribution in [-0.4, -0.2) is 12.2 Å². The normalized spacial score (nSPS) is 10.5. The lowest BCUT2D eigenvalue weighted by molar-refractivity contribution is 0.282. The van der Waals surface area contributed by atoms with E-state index in [9.17, 15) is 5.11 Å². The van der Waals surface area contributed by atoms with Crippen molar-refractivity contribution in [1.82, 2.24) is 0 Å². The molecule has 0 aromatic heterocycles. The Morgan fingerprint density at radius 1 is 0.963 bits per heavy atom. The van der Waals surface area contributed by atoms with E-state index in [-0.39, 0.29) is 5.75 Å². The molecule has 0 unspecified atom stereocenters. The SMILES string of the molecule is COc1cccc(CNc2ccc(O)cc2)c1OCc1ccc(Cl)cc1Cl. The average molecular weight is 404 g/mol. The number of methoxy groups -OCH3 is 1. The molecule has 2 N–H and O–H groups in total. The van der Waals surface area contributed by atoms with Crippen molar-refractivity contribution in [1.29, 1.82) is 0 Å². The van der Waals surface area contributed by atoms with Gasteiger partial charge in [-0.25, -0.2) is 0 Å². The van der Waals surface area contributed by atoms with E-state index in [1.54, 1.807) is 31.4 Å². The van der Waals surface area contributed by atoms with Crippen molar-refractivity contribution in [3.8, 4) is 17.2 Å². The van der Waals surface area contributed by atoms with Gasteiger partial charge in [0, 0.05) is 33.4 Å². The van der Waals surface area contributed by atoms with Gasteiger partial charge in [-0.3, -0.25) is 0 Å². The van der Waals surface area contributed by atoms with Gasteiger partial charge < -0.3 is 19.9 Å². The summed E-state index contributed by atoms with van der Waals surface area (Å²) in [6.07, 6.45) is 0. The van der Waals surface area contributed by atoms with Crippen LogP contribution in [0.3, 0.4) is 0 Å². The fourth-order valence-corrected chi connectivity index (χ4v) is 3.05. The van der Waals surface area contributed by atoms with Gasteiger partial charge >= 0.3 is 0 Å². The minimum absolute atomic E-state index is 0.228. The molecule has 0 atom stereocenters. The molecular formula is C21H19Cl2NO3. The average Bonchev–Trinajstić information content (AvgIpc) is 2.67. The van der Waals surface area contributed by atoms with Crippen molar-refractivity contribution in [3.63, 3.8) is 0 Å². The molecule has 0 fully saturated rings. The zero-order chi connectivity index (χ0) is 19.2. The number of benzene rings is 3. The van der Waals surface area contributed by atoms with Crippen molar-refractivity contribution in [3.05, 3.63) is 81.8 Å². The Bertz CT molecular complexity index is 914. The van der Waals surface area contributed by atoms with Gasteiger partial charge in [0.15, 0.2) is 11.5 Å². The van der Waals surface area contributed by atoms with Crippen LogP contribution < -0.4 is 14.8 Å². The first kappa shape index (κ1) is 19.2. The first-order valence-corrected chi connectivity index (χ1v) is 9.08. The van der Waals surface area contributed by atoms with Crippen molar-refractivity contribution >= 4 is 28.9 Å². The minimum Gasteiger partial charge on any atom is -0.508 e. The van der Waals surface area contributed by atoms with E-state index in [4.69, 9.17) is 32.7 Å². The minimum atomic E-state index is 0.228. The number of aromatic hydroxyl groups is 1. The zero-order valence-corrected chi connectivity index (χ0v) is 16.2. The van der Waals surface area contributed by atoms with Crippen molar-refractivity contribution in [2.45, 2.75) is 13.2 Å². The lowest BCUT2D eigenvalue weighted by Crippen LogP contribution is -2.05. The molecule has 0 aliphatic rings. The van der Waals surface area contributed by atoms with Crippen LogP contribution in [0.2, 0.25) is 10.0 Å². The summed E-state index contributed by atoms with van der Waals surface area (Å²) in [6, 6.07) is 17.9. The summed E-state index contributed by atoms with van der Waals surface area (Å²) in [5.41, 5.74) is 2.67. The predicted octanol–water partition coefficient (Wildman–Crippen LogP) is 5.90. The van der Waals surface area contributed by atoms with E-state index in [1.807, 2.05) is 36.4 Å². The van der Waals surface area contributed by atoms with Gasteiger partial charge in [-0.05, 0) is 42.5 Å². The van der Waals surface area contributed by atoms with Crippen LogP contribution in [0.25, 0.3) is 0 Å². The molecule has 3 aromatic carbocycles. The highest BCUT2D eigenvalue weighted by molar-refractivity contribution is 6.35. The summed E-state index contributed by atoms with van der Waals surface area (Å²) in [5, 5.41) is 13.8. The third-order valence-electron chi connectivity index (χ3n) is 4.02. The third kappa shape index (κ3) is 5.00. The van der Waals surface area contributed by atoms with Crippen molar-refractivity contribution in [2.75, 3.05) is 12.4 Å². The predicted molar refractivity (Wildman–Crippen MR) is 109 cm³/mol. The highest BCUT2D eigenvalue weighted by Crippen LogP contribution is 2.33. The Morgan fingerprint density at radius 2 is 1.74 bits per heavy atom. The van der Waals surface area contributed by atoms with Crippen LogP contribution in [0.5, 0.6) is 17.2 Å². The number of anilines is 1. The lowest BCUT2D eigenvalue weighted by Gasteiger charge is -2.16. The topological polar surface area (TPSA) is 50.7 Å². The lowest BCUT2D eigenvalue weighted by atomic mass is 10.1. The quantitative estimate of drug-likeness (QED) is 0.482. The first-order valence-electron chi connectivity index (χ1n) is 8.32. The van der Waals surface area contributed by atoms with Crippen LogP contribution in [-0.2, 0) is 13.2 Å². The maximum absolute atomic E-state index is 9.39. The summed E-state index contributed by atoms with van der Waals surface area (Å²) >= 11 is 12.2. The Kier molecular flexibility index (Phi) is 6.32. The Hall–Kier alpha value is -2.56. The van der Waals surface area contributed by atoms with E-state index in [1.165, 1.54) is 0 Å². The number of para-hydroxylation sites is 1. The molecule has 3 aromatic rings. The standard InChI is InChI=1S/C21H19Cl2NO3/c1-26-20-4-2-3-14(12-24-17-7-9-18(25)10-8-17)21(20)27-13-15-5-6-16(22)11-19(15)23/h2-11,24-25H,12-13H2,1H3.